The van der Waals surface area contributed by atoms with E-state index >= 15 is 0 Å². The summed E-state index contributed by atoms with van der Waals surface area (Å²) in [6.07, 6.45) is 0. The van der Waals surface area contributed by atoms with Crippen LogP contribution in [0.1, 0.15) is 46.8 Å². The van der Waals surface area contributed by atoms with Gasteiger partial charge in [0.05, 0.1) is 0 Å². The van der Waals surface area contributed by atoms with E-state index in [9.17, 15) is 4.79 Å². The second-order valence-electron chi connectivity index (χ2n) is 6.50. The number of carbonyl (C=O) groups excluding carboxylic acids is 1. The van der Waals surface area contributed by atoms with Crippen LogP contribution in [0.3, 0.4) is 0 Å². The summed E-state index contributed by atoms with van der Waals surface area (Å²) < 4.78 is 0. The first-order valence-corrected chi connectivity index (χ1v) is 8.37. The zero-order valence-corrected chi connectivity index (χ0v) is 14.4. The second kappa shape index (κ2) is 6.84. The molecule has 1 nitrogen and oxygen atoms in total. The molecule has 0 bridgehead atoms. The van der Waals surface area contributed by atoms with Crippen molar-refractivity contribution in [3.63, 3.8) is 0 Å². The molecule has 0 aromatic heterocycles. The highest BCUT2D eigenvalue weighted by atomic mass is 16.1. The zero-order valence-electron chi connectivity index (χ0n) is 14.4. The summed E-state index contributed by atoms with van der Waals surface area (Å²) in [5, 5.41) is 0. The highest BCUT2D eigenvalue weighted by Gasteiger charge is 2.09. The molecule has 3 aromatic rings. The summed E-state index contributed by atoms with van der Waals surface area (Å²) in [5.74, 6) is 0.596. The van der Waals surface area contributed by atoms with Crippen LogP contribution in [0, 0.1) is 6.92 Å². The van der Waals surface area contributed by atoms with E-state index < -0.39 is 0 Å². The fraction of sp³-hybridized carbons (Fsp3) is 0.174. The molecule has 0 atom stereocenters. The summed E-state index contributed by atoms with van der Waals surface area (Å²) in [4.78, 5) is 12.5. The zero-order chi connectivity index (χ0) is 17.1. The SMILES string of the molecule is Cc1cc(-c2ccc(C(=O)c3ccccc3)cc2)ccc1C(C)C. The van der Waals surface area contributed by atoms with Crippen molar-refractivity contribution in [2.24, 2.45) is 0 Å². The third kappa shape index (κ3) is 3.30. The van der Waals surface area contributed by atoms with Gasteiger partial charge in [0.15, 0.2) is 5.78 Å². The monoisotopic (exact) mass is 314 g/mol. The van der Waals surface area contributed by atoms with E-state index in [2.05, 4.69) is 39.0 Å². The largest absolute Gasteiger partial charge is 0.289 e. The van der Waals surface area contributed by atoms with Crippen molar-refractivity contribution in [3.05, 3.63) is 95.1 Å². The minimum atomic E-state index is 0.0634. The van der Waals surface area contributed by atoms with Gasteiger partial charge in [-0.05, 0) is 35.1 Å². The molecule has 24 heavy (non-hydrogen) atoms. The lowest BCUT2D eigenvalue weighted by molar-refractivity contribution is 0.103. The van der Waals surface area contributed by atoms with Crippen molar-refractivity contribution in [2.75, 3.05) is 0 Å². The summed E-state index contributed by atoms with van der Waals surface area (Å²) >= 11 is 0. The molecule has 0 aliphatic carbocycles. The van der Waals surface area contributed by atoms with Crippen molar-refractivity contribution in [1.29, 1.82) is 0 Å². The first kappa shape index (κ1) is 16.2. The number of hydrogen-bond donors (Lipinski definition) is 0. The second-order valence-corrected chi connectivity index (χ2v) is 6.50. The Morgan fingerprint density at radius 3 is 1.92 bits per heavy atom. The van der Waals surface area contributed by atoms with Crippen LogP contribution in [-0.4, -0.2) is 5.78 Å². The number of rotatable bonds is 4. The number of hydrogen-bond acceptors (Lipinski definition) is 1. The summed E-state index contributed by atoms with van der Waals surface area (Å²) in [7, 11) is 0. The molecule has 0 unspecified atom stereocenters. The van der Waals surface area contributed by atoms with Gasteiger partial charge in [0.2, 0.25) is 0 Å². The molecule has 0 fully saturated rings. The van der Waals surface area contributed by atoms with E-state index in [1.165, 1.54) is 16.7 Å². The Morgan fingerprint density at radius 2 is 1.33 bits per heavy atom. The number of benzene rings is 3. The number of aryl methyl sites for hydroxylation is 1. The summed E-state index contributed by atoms with van der Waals surface area (Å²) in [5.41, 5.74) is 6.47. The van der Waals surface area contributed by atoms with Gasteiger partial charge in [0.1, 0.15) is 0 Å². The van der Waals surface area contributed by atoms with E-state index in [1.54, 1.807) is 0 Å². The Balaban J connectivity index is 1.87. The molecule has 1 heteroatoms. The van der Waals surface area contributed by atoms with Crippen LogP contribution in [0.15, 0.2) is 72.8 Å². The summed E-state index contributed by atoms with van der Waals surface area (Å²) in [6.45, 7) is 6.59. The smallest absolute Gasteiger partial charge is 0.193 e. The Morgan fingerprint density at radius 1 is 0.750 bits per heavy atom. The minimum Gasteiger partial charge on any atom is -0.289 e. The molecule has 0 heterocycles. The van der Waals surface area contributed by atoms with E-state index in [-0.39, 0.29) is 5.78 Å². The third-order valence-corrected chi connectivity index (χ3v) is 4.41. The summed E-state index contributed by atoms with van der Waals surface area (Å²) in [6, 6.07) is 23.9. The van der Waals surface area contributed by atoms with Crippen LogP contribution < -0.4 is 0 Å². The van der Waals surface area contributed by atoms with Crippen molar-refractivity contribution < 1.29 is 4.79 Å². The van der Waals surface area contributed by atoms with Gasteiger partial charge in [0.25, 0.3) is 0 Å². The first-order chi connectivity index (χ1) is 11.6. The lowest BCUT2D eigenvalue weighted by Crippen LogP contribution is -2.00. The van der Waals surface area contributed by atoms with Gasteiger partial charge in [-0.25, -0.2) is 0 Å². The third-order valence-electron chi connectivity index (χ3n) is 4.41. The lowest BCUT2D eigenvalue weighted by Gasteiger charge is -2.12. The topological polar surface area (TPSA) is 17.1 Å². The van der Waals surface area contributed by atoms with Crippen LogP contribution in [0.25, 0.3) is 11.1 Å². The Kier molecular flexibility index (Phi) is 4.61. The van der Waals surface area contributed by atoms with Gasteiger partial charge >= 0.3 is 0 Å². The molecule has 0 aliphatic rings. The highest BCUT2D eigenvalue weighted by Crippen LogP contribution is 2.26. The van der Waals surface area contributed by atoms with Crippen molar-refractivity contribution in [2.45, 2.75) is 26.7 Å². The average Bonchev–Trinajstić information content (AvgIpc) is 2.61. The molecule has 0 spiro atoms. The molecule has 3 aromatic carbocycles. The van der Waals surface area contributed by atoms with Gasteiger partial charge in [-0.3, -0.25) is 4.79 Å². The van der Waals surface area contributed by atoms with E-state index in [0.29, 0.717) is 5.92 Å². The fourth-order valence-corrected chi connectivity index (χ4v) is 3.07. The fourth-order valence-electron chi connectivity index (χ4n) is 3.07. The van der Waals surface area contributed by atoms with Crippen LogP contribution in [0.4, 0.5) is 0 Å². The van der Waals surface area contributed by atoms with Crippen molar-refractivity contribution in [3.8, 4) is 11.1 Å². The molecule has 0 aliphatic heterocycles. The van der Waals surface area contributed by atoms with E-state index in [0.717, 1.165) is 16.7 Å². The predicted molar refractivity (Wildman–Crippen MR) is 101 cm³/mol. The van der Waals surface area contributed by atoms with E-state index in [1.807, 2.05) is 54.6 Å². The predicted octanol–water partition coefficient (Wildman–Crippen LogP) is 6.02. The van der Waals surface area contributed by atoms with Crippen LogP contribution >= 0.6 is 0 Å². The van der Waals surface area contributed by atoms with Crippen LogP contribution in [-0.2, 0) is 0 Å². The molecule has 3 rings (SSSR count). The van der Waals surface area contributed by atoms with Crippen molar-refractivity contribution >= 4 is 5.78 Å². The minimum absolute atomic E-state index is 0.0634. The molecule has 0 amide bonds. The maximum absolute atomic E-state index is 12.5. The van der Waals surface area contributed by atoms with Gasteiger partial charge in [-0.2, -0.15) is 0 Å². The molecule has 0 N–H and O–H groups in total. The maximum atomic E-state index is 12.5. The van der Waals surface area contributed by atoms with Gasteiger partial charge < -0.3 is 0 Å². The van der Waals surface area contributed by atoms with E-state index in [4.69, 9.17) is 0 Å². The highest BCUT2D eigenvalue weighted by molar-refractivity contribution is 6.09. The number of ketones is 1. The van der Waals surface area contributed by atoms with Gasteiger partial charge in [-0.15, -0.1) is 0 Å². The standard InChI is InChI=1S/C23H22O/c1-16(2)22-14-13-21(15-17(22)3)18-9-11-20(12-10-18)23(24)19-7-5-4-6-8-19/h4-16H,1-3H3. The molecule has 0 saturated heterocycles. The first-order valence-electron chi connectivity index (χ1n) is 8.37. The quantitative estimate of drug-likeness (QED) is 0.538. The molecule has 0 saturated carbocycles. The van der Waals surface area contributed by atoms with Crippen LogP contribution in [0.2, 0.25) is 0 Å². The molecule has 0 radical (unpaired) electrons. The van der Waals surface area contributed by atoms with Gasteiger partial charge in [-0.1, -0.05) is 86.6 Å². The molecular formula is C23H22O. The van der Waals surface area contributed by atoms with Crippen molar-refractivity contribution in [1.82, 2.24) is 0 Å². The Labute approximate surface area is 144 Å². The number of carbonyl (C=O) groups is 1. The maximum Gasteiger partial charge on any atom is 0.193 e. The van der Waals surface area contributed by atoms with Gasteiger partial charge in [0, 0.05) is 11.1 Å². The average molecular weight is 314 g/mol. The van der Waals surface area contributed by atoms with Crippen LogP contribution in [0.5, 0.6) is 0 Å². The molecular weight excluding hydrogens is 292 g/mol. The normalized spacial score (nSPS) is 10.8. The Hall–Kier alpha value is -2.67. The Bertz CT molecular complexity index is 843. The molecule has 120 valence electrons. The lowest BCUT2D eigenvalue weighted by atomic mass is 9.93.